The number of nitrogens with zero attached hydrogens (tertiary/aromatic N) is 1. The molecule has 0 saturated heterocycles. The van der Waals surface area contributed by atoms with E-state index in [0.717, 1.165) is 5.56 Å². The number of hydrogen-bond donors (Lipinski definition) is 2. The van der Waals surface area contributed by atoms with Crippen molar-refractivity contribution in [3.8, 4) is 0 Å². The molecule has 3 N–H and O–H groups in total. The van der Waals surface area contributed by atoms with E-state index in [9.17, 15) is 14.9 Å². The number of amides is 1. The van der Waals surface area contributed by atoms with Gasteiger partial charge < -0.3 is 11.1 Å². The summed E-state index contributed by atoms with van der Waals surface area (Å²) in [6.45, 7) is 1.74. The van der Waals surface area contributed by atoms with Crippen LogP contribution in [0.25, 0.3) is 0 Å². The van der Waals surface area contributed by atoms with Gasteiger partial charge in [0.2, 0.25) is 0 Å². The van der Waals surface area contributed by atoms with Crippen LogP contribution in [-0.2, 0) is 0 Å². The Bertz CT molecular complexity index is 683. The number of rotatable bonds is 3. The van der Waals surface area contributed by atoms with Crippen molar-refractivity contribution in [2.45, 2.75) is 6.92 Å². The second-order valence-electron chi connectivity index (χ2n) is 4.32. The van der Waals surface area contributed by atoms with Crippen molar-refractivity contribution in [3.05, 3.63) is 63.7 Å². The fourth-order valence-electron chi connectivity index (χ4n) is 1.79. The number of nitro benzene ring substituents is 1. The van der Waals surface area contributed by atoms with Crippen LogP contribution < -0.4 is 11.1 Å². The Morgan fingerprint density at radius 3 is 2.60 bits per heavy atom. The number of aryl methyl sites for hydroxylation is 1. The summed E-state index contributed by atoms with van der Waals surface area (Å²) in [4.78, 5) is 22.5. The molecule has 0 fully saturated rings. The van der Waals surface area contributed by atoms with Gasteiger partial charge in [-0.1, -0.05) is 18.2 Å². The molecule has 2 aromatic rings. The number of carbonyl (C=O) groups excluding carboxylic acids is 1. The monoisotopic (exact) mass is 271 g/mol. The molecule has 0 saturated carbocycles. The lowest BCUT2D eigenvalue weighted by Crippen LogP contribution is -2.15. The van der Waals surface area contributed by atoms with E-state index in [1.54, 1.807) is 37.3 Å². The summed E-state index contributed by atoms with van der Waals surface area (Å²) in [5.41, 5.74) is 7.05. The Balaban J connectivity index is 2.33. The first-order chi connectivity index (χ1) is 9.49. The van der Waals surface area contributed by atoms with E-state index in [-0.39, 0.29) is 16.9 Å². The van der Waals surface area contributed by atoms with Gasteiger partial charge in [-0.15, -0.1) is 0 Å². The van der Waals surface area contributed by atoms with Gasteiger partial charge in [-0.2, -0.15) is 0 Å². The SMILES string of the molecule is Cc1ccc(NC(=O)c2ccccc2N)c([N+](=O)[O-])c1. The average Bonchev–Trinajstić information content (AvgIpc) is 2.41. The van der Waals surface area contributed by atoms with Crippen LogP contribution in [0.2, 0.25) is 0 Å². The number of nitrogens with two attached hydrogens (primary N) is 1. The van der Waals surface area contributed by atoms with Crippen LogP contribution in [0.15, 0.2) is 42.5 Å². The largest absolute Gasteiger partial charge is 0.398 e. The second kappa shape index (κ2) is 5.40. The van der Waals surface area contributed by atoms with Crippen LogP contribution in [0.4, 0.5) is 17.1 Å². The van der Waals surface area contributed by atoms with Crippen molar-refractivity contribution in [1.29, 1.82) is 0 Å². The molecule has 0 aliphatic rings. The molecule has 0 bridgehead atoms. The second-order valence-corrected chi connectivity index (χ2v) is 4.32. The van der Waals surface area contributed by atoms with Crippen LogP contribution in [-0.4, -0.2) is 10.8 Å². The minimum Gasteiger partial charge on any atom is -0.398 e. The molecule has 0 spiro atoms. The maximum atomic E-state index is 12.1. The summed E-state index contributed by atoms with van der Waals surface area (Å²) < 4.78 is 0. The first-order valence-corrected chi connectivity index (χ1v) is 5.90. The third-order valence-electron chi connectivity index (χ3n) is 2.80. The van der Waals surface area contributed by atoms with Crippen LogP contribution in [0.1, 0.15) is 15.9 Å². The third-order valence-corrected chi connectivity index (χ3v) is 2.80. The molecule has 6 heteroatoms. The Hall–Kier alpha value is -2.89. The van der Waals surface area contributed by atoms with Crippen molar-refractivity contribution in [3.63, 3.8) is 0 Å². The summed E-state index contributed by atoms with van der Waals surface area (Å²) in [7, 11) is 0. The first kappa shape index (κ1) is 13.5. The number of nitro groups is 1. The van der Waals surface area contributed by atoms with Gasteiger partial charge in [0.1, 0.15) is 5.69 Å². The highest BCUT2D eigenvalue weighted by molar-refractivity contribution is 6.08. The molecule has 2 rings (SSSR count). The number of hydrogen-bond acceptors (Lipinski definition) is 4. The highest BCUT2D eigenvalue weighted by Gasteiger charge is 2.17. The summed E-state index contributed by atoms with van der Waals surface area (Å²) in [6.07, 6.45) is 0. The van der Waals surface area contributed by atoms with Gasteiger partial charge in [-0.05, 0) is 30.7 Å². The van der Waals surface area contributed by atoms with Crippen molar-refractivity contribution < 1.29 is 9.72 Å². The Morgan fingerprint density at radius 2 is 1.95 bits per heavy atom. The molecule has 0 aliphatic carbocycles. The van der Waals surface area contributed by atoms with Gasteiger partial charge in [0, 0.05) is 11.8 Å². The molecule has 6 nitrogen and oxygen atoms in total. The smallest absolute Gasteiger partial charge is 0.293 e. The zero-order valence-electron chi connectivity index (χ0n) is 10.8. The van der Waals surface area contributed by atoms with Crippen LogP contribution in [0.3, 0.4) is 0 Å². The van der Waals surface area contributed by atoms with E-state index >= 15 is 0 Å². The van der Waals surface area contributed by atoms with Crippen LogP contribution in [0.5, 0.6) is 0 Å². The van der Waals surface area contributed by atoms with E-state index in [1.807, 2.05) is 0 Å². The molecule has 0 unspecified atom stereocenters. The van der Waals surface area contributed by atoms with Crippen LogP contribution in [0, 0.1) is 17.0 Å². The lowest BCUT2D eigenvalue weighted by atomic mass is 10.1. The Labute approximate surface area is 115 Å². The number of benzene rings is 2. The standard InChI is InChI=1S/C14H13N3O3/c1-9-6-7-12(13(8-9)17(19)20)16-14(18)10-4-2-3-5-11(10)15/h2-8H,15H2,1H3,(H,16,18). The van der Waals surface area contributed by atoms with Crippen molar-refractivity contribution in [2.24, 2.45) is 0 Å². The van der Waals surface area contributed by atoms with Gasteiger partial charge in [-0.25, -0.2) is 0 Å². The molecular formula is C14H13N3O3. The molecule has 0 radical (unpaired) electrons. The molecular weight excluding hydrogens is 258 g/mol. The van der Waals surface area contributed by atoms with Crippen molar-refractivity contribution >= 4 is 23.0 Å². The van der Waals surface area contributed by atoms with Crippen LogP contribution >= 0.6 is 0 Å². The summed E-state index contributed by atoms with van der Waals surface area (Å²) >= 11 is 0. The van der Waals surface area contributed by atoms with E-state index in [4.69, 9.17) is 5.73 Å². The fraction of sp³-hybridized carbons (Fsp3) is 0.0714. The normalized spacial score (nSPS) is 10.1. The predicted octanol–water partition coefficient (Wildman–Crippen LogP) is 2.74. The highest BCUT2D eigenvalue weighted by atomic mass is 16.6. The minimum atomic E-state index is -0.531. The lowest BCUT2D eigenvalue weighted by Gasteiger charge is -2.08. The molecule has 1 amide bonds. The maximum absolute atomic E-state index is 12.1. The van der Waals surface area contributed by atoms with E-state index in [2.05, 4.69) is 5.32 Å². The zero-order chi connectivity index (χ0) is 14.7. The lowest BCUT2D eigenvalue weighted by molar-refractivity contribution is -0.384. The topological polar surface area (TPSA) is 98.3 Å². The number of nitrogen functional groups attached to an aromatic ring is 1. The van der Waals surface area contributed by atoms with Gasteiger partial charge in [0.05, 0.1) is 10.5 Å². The number of anilines is 2. The molecule has 0 aromatic heterocycles. The third kappa shape index (κ3) is 2.74. The Kier molecular flexibility index (Phi) is 3.65. The zero-order valence-corrected chi connectivity index (χ0v) is 10.8. The van der Waals surface area contributed by atoms with Crippen molar-refractivity contribution in [1.82, 2.24) is 0 Å². The summed E-state index contributed by atoms with van der Waals surface area (Å²) in [5.74, 6) is -0.477. The van der Waals surface area contributed by atoms with Gasteiger partial charge in [-0.3, -0.25) is 14.9 Å². The van der Waals surface area contributed by atoms with Gasteiger partial charge >= 0.3 is 0 Å². The average molecular weight is 271 g/mol. The van der Waals surface area contributed by atoms with Crippen molar-refractivity contribution in [2.75, 3.05) is 11.1 Å². The molecule has 0 heterocycles. The molecule has 20 heavy (non-hydrogen) atoms. The van der Waals surface area contributed by atoms with E-state index in [1.165, 1.54) is 12.1 Å². The quantitative estimate of drug-likeness (QED) is 0.509. The van der Waals surface area contributed by atoms with E-state index < -0.39 is 10.8 Å². The molecule has 0 atom stereocenters. The summed E-state index contributed by atoms with van der Waals surface area (Å²) in [6, 6.07) is 11.1. The highest BCUT2D eigenvalue weighted by Crippen LogP contribution is 2.26. The molecule has 102 valence electrons. The minimum absolute atomic E-state index is 0.146. The number of carbonyl (C=O) groups is 1. The van der Waals surface area contributed by atoms with E-state index in [0.29, 0.717) is 5.69 Å². The fourth-order valence-corrected chi connectivity index (χ4v) is 1.79. The first-order valence-electron chi connectivity index (χ1n) is 5.90. The van der Waals surface area contributed by atoms with Gasteiger partial charge in [0.15, 0.2) is 0 Å². The predicted molar refractivity (Wildman–Crippen MR) is 76.6 cm³/mol. The summed E-state index contributed by atoms with van der Waals surface area (Å²) in [5, 5.41) is 13.5. The number of nitrogens with one attached hydrogen (secondary N) is 1. The molecule has 2 aromatic carbocycles. The molecule has 0 aliphatic heterocycles. The number of para-hydroxylation sites is 1. The maximum Gasteiger partial charge on any atom is 0.293 e. The Morgan fingerprint density at radius 1 is 1.25 bits per heavy atom. The van der Waals surface area contributed by atoms with Gasteiger partial charge in [0.25, 0.3) is 11.6 Å².